The maximum Gasteiger partial charge on any atom is 0.141 e. The minimum Gasteiger partial charge on any atom is -0.459 e. The standard InChI is InChI=1S/C16H20N4O/c1-4-12-13-7-5-6-8-14(13)21-15(12)10(2)19-11(3)16-17-9-18-20-16/h5-11,19H,4H2,1-3H3,(H,17,18,20). The van der Waals surface area contributed by atoms with Gasteiger partial charge in [-0.25, -0.2) is 4.98 Å². The number of aryl methyl sites for hydroxylation is 1. The van der Waals surface area contributed by atoms with Crippen molar-refractivity contribution >= 4 is 11.0 Å². The molecule has 2 unspecified atom stereocenters. The third-order valence-corrected chi connectivity index (χ3v) is 3.82. The van der Waals surface area contributed by atoms with Crippen LogP contribution in [0.15, 0.2) is 35.0 Å². The van der Waals surface area contributed by atoms with Gasteiger partial charge in [0.05, 0.1) is 12.1 Å². The maximum atomic E-state index is 6.06. The Hall–Kier alpha value is -2.14. The number of nitrogens with one attached hydrogen (secondary N) is 2. The molecule has 0 amide bonds. The molecule has 0 saturated heterocycles. The average molecular weight is 284 g/mol. The Morgan fingerprint density at radius 2 is 2.05 bits per heavy atom. The predicted molar refractivity (Wildman–Crippen MR) is 81.9 cm³/mol. The molecule has 1 aromatic carbocycles. The van der Waals surface area contributed by atoms with Gasteiger partial charge in [0.25, 0.3) is 0 Å². The molecule has 2 aromatic heterocycles. The first-order valence-corrected chi connectivity index (χ1v) is 7.32. The number of hydrogen-bond acceptors (Lipinski definition) is 4. The van der Waals surface area contributed by atoms with Gasteiger partial charge in [0.1, 0.15) is 23.5 Å². The van der Waals surface area contributed by atoms with Crippen LogP contribution in [0, 0.1) is 0 Å². The van der Waals surface area contributed by atoms with Gasteiger partial charge < -0.3 is 4.42 Å². The SMILES string of the molecule is CCc1c(C(C)NC(C)c2ncn[nH]2)oc2ccccc12. The minimum atomic E-state index is 0.0837. The van der Waals surface area contributed by atoms with Crippen LogP contribution in [-0.2, 0) is 6.42 Å². The van der Waals surface area contributed by atoms with Crippen molar-refractivity contribution in [1.82, 2.24) is 20.5 Å². The van der Waals surface area contributed by atoms with Crippen molar-refractivity contribution in [3.8, 4) is 0 Å². The van der Waals surface area contributed by atoms with Gasteiger partial charge in [-0.05, 0) is 26.3 Å². The van der Waals surface area contributed by atoms with E-state index in [1.165, 1.54) is 17.3 Å². The lowest BCUT2D eigenvalue weighted by Crippen LogP contribution is -2.23. The van der Waals surface area contributed by atoms with Crippen LogP contribution in [0.3, 0.4) is 0 Å². The van der Waals surface area contributed by atoms with Crippen LogP contribution in [0.25, 0.3) is 11.0 Å². The number of furan rings is 1. The van der Waals surface area contributed by atoms with Crippen LogP contribution in [-0.4, -0.2) is 15.2 Å². The van der Waals surface area contributed by atoms with Gasteiger partial charge in [-0.2, -0.15) is 5.10 Å². The van der Waals surface area contributed by atoms with Gasteiger partial charge in [0.15, 0.2) is 0 Å². The first-order chi connectivity index (χ1) is 10.2. The highest BCUT2D eigenvalue weighted by Gasteiger charge is 2.20. The smallest absolute Gasteiger partial charge is 0.141 e. The Morgan fingerprint density at radius 3 is 2.76 bits per heavy atom. The summed E-state index contributed by atoms with van der Waals surface area (Å²) in [5.41, 5.74) is 2.22. The molecular formula is C16H20N4O. The molecule has 3 rings (SSSR count). The summed E-state index contributed by atoms with van der Waals surface area (Å²) in [6, 6.07) is 8.38. The van der Waals surface area contributed by atoms with Crippen LogP contribution >= 0.6 is 0 Å². The van der Waals surface area contributed by atoms with Crippen molar-refractivity contribution < 1.29 is 4.42 Å². The number of hydrogen-bond donors (Lipinski definition) is 2. The second-order valence-electron chi connectivity index (χ2n) is 5.28. The summed E-state index contributed by atoms with van der Waals surface area (Å²) in [5.74, 6) is 1.83. The minimum absolute atomic E-state index is 0.0837. The molecule has 5 heteroatoms. The van der Waals surface area contributed by atoms with Crippen LogP contribution in [0.1, 0.15) is 50.0 Å². The van der Waals surface area contributed by atoms with E-state index < -0.39 is 0 Å². The van der Waals surface area contributed by atoms with Crippen molar-refractivity contribution in [3.05, 3.63) is 47.7 Å². The van der Waals surface area contributed by atoms with E-state index in [-0.39, 0.29) is 12.1 Å². The fourth-order valence-corrected chi connectivity index (χ4v) is 2.79. The number of fused-ring (bicyclic) bond motifs is 1. The molecule has 5 nitrogen and oxygen atoms in total. The molecule has 0 spiro atoms. The van der Waals surface area contributed by atoms with Gasteiger partial charge in [0.2, 0.25) is 0 Å². The van der Waals surface area contributed by atoms with E-state index in [4.69, 9.17) is 4.42 Å². The second kappa shape index (κ2) is 5.69. The summed E-state index contributed by atoms with van der Waals surface area (Å²) < 4.78 is 6.06. The molecule has 21 heavy (non-hydrogen) atoms. The third kappa shape index (κ3) is 2.56. The molecule has 3 aromatic rings. The topological polar surface area (TPSA) is 66.7 Å². The monoisotopic (exact) mass is 284 g/mol. The zero-order valence-electron chi connectivity index (χ0n) is 12.6. The normalized spacial score (nSPS) is 14.4. The van der Waals surface area contributed by atoms with Gasteiger partial charge in [0, 0.05) is 10.9 Å². The van der Waals surface area contributed by atoms with Gasteiger partial charge in [-0.1, -0.05) is 25.1 Å². The Bertz CT molecular complexity index is 717. The molecule has 2 heterocycles. The zero-order valence-corrected chi connectivity index (χ0v) is 12.6. The number of para-hydroxylation sites is 1. The Morgan fingerprint density at radius 1 is 1.24 bits per heavy atom. The molecule has 0 aliphatic rings. The lowest BCUT2D eigenvalue weighted by molar-refractivity contribution is 0.406. The lowest BCUT2D eigenvalue weighted by atomic mass is 10.0. The Kier molecular flexibility index (Phi) is 3.75. The number of H-pyrrole nitrogens is 1. The third-order valence-electron chi connectivity index (χ3n) is 3.82. The van der Waals surface area contributed by atoms with E-state index in [1.807, 2.05) is 12.1 Å². The number of aromatic nitrogens is 3. The fourth-order valence-electron chi connectivity index (χ4n) is 2.79. The zero-order chi connectivity index (χ0) is 14.8. The molecule has 2 N–H and O–H groups in total. The van der Waals surface area contributed by atoms with Gasteiger partial charge >= 0.3 is 0 Å². The quantitative estimate of drug-likeness (QED) is 0.752. The predicted octanol–water partition coefficient (Wildman–Crippen LogP) is 3.53. The van der Waals surface area contributed by atoms with Crippen molar-refractivity contribution in [2.24, 2.45) is 0 Å². The van der Waals surface area contributed by atoms with Gasteiger partial charge in [-0.15, -0.1) is 0 Å². The summed E-state index contributed by atoms with van der Waals surface area (Å²) in [4.78, 5) is 4.19. The van der Waals surface area contributed by atoms with Crippen molar-refractivity contribution in [2.75, 3.05) is 0 Å². The Labute approximate surface area is 123 Å². The molecule has 110 valence electrons. The summed E-state index contributed by atoms with van der Waals surface area (Å²) in [7, 11) is 0. The summed E-state index contributed by atoms with van der Waals surface area (Å²) in [6.45, 7) is 6.34. The van der Waals surface area contributed by atoms with Crippen molar-refractivity contribution in [2.45, 2.75) is 39.3 Å². The Balaban J connectivity index is 1.89. The number of aromatic amines is 1. The average Bonchev–Trinajstić information content (AvgIpc) is 3.14. The summed E-state index contributed by atoms with van der Waals surface area (Å²) in [6.07, 6.45) is 2.48. The lowest BCUT2D eigenvalue weighted by Gasteiger charge is -2.17. The highest BCUT2D eigenvalue weighted by molar-refractivity contribution is 5.82. The van der Waals surface area contributed by atoms with Gasteiger partial charge in [-0.3, -0.25) is 10.4 Å². The maximum absolute atomic E-state index is 6.06. The first kappa shape index (κ1) is 13.8. The summed E-state index contributed by atoms with van der Waals surface area (Å²) >= 11 is 0. The van der Waals surface area contributed by atoms with E-state index in [0.29, 0.717) is 0 Å². The van der Waals surface area contributed by atoms with E-state index >= 15 is 0 Å². The molecular weight excluding hydrogens is 264 g/mol. The number of nitrogens with zero attached hydrogens (tertiary/aromatic N) is 2. The van der Waals surface area contributed by atoms with E-state index in [2.05, 4.69) is 53.4 Å². The van der Waals surface area contributed by atoms with Crippen LogP contribution < -0.4 is 5.32 Å². The van der Waals surface area contributed by atoms with Crippen LogP contribution in [0.2, 0.25) is 0 Å². The molecule has 2 atom stereocenters. The first-order valence-electron chi connectivity index (χ1n) is 7.32. The van der Waals surface area contributed by atoms with E-state index in [1.54, 1.807) is 0 Å². The highest BCUT2D eigenvalue weighted by Crippen LogP contribution is 2.31. The molecule has 0 bridgehead atoms. The highest BCUT2D eigenvalue weighted by atomic mass is 16.3. The fraction of sp³-hybridized carbons (Fsp3) is 0.375. The van der Waals surface area contributed by atoms with Crippen LogP contribution in [0.4, 0.5) is 0 Å². The van der Waals surface area contributed by atoms with Crippen LogP contribution in [0.5, 0.6) is 0 Å². The molecule has 0 radical (unpaired) electrons. The van der Waals surface area contributed by atoms with E-state index in [0.717, 1.165) is 23.6 Å². The molecule has 0 aliphatic carbocycles. The van der Waals surface area contributed by atoms with Crippen molar-refractivity contribution in [1.29, 1.82) is 0 Å². The van der Waals surface area contributed by atoms with Crippen molar-refractivity contribution in [3.63, 3.8) is 0 Å². The second-order valence-corrected chi connectivity index (χ2v) is 5.28. The molecule has 0 fully saturated rings. The molecule has 0 aliphatic heterocycles. The number of rotatable bonds is 5. The largest absolute Gasteiger partial charge is 0.459 e. The summed E-state index contributed by atoms with van der Waals surface area (Å²) in [5, 5.41) is 11.5. The number of benzene rings is 1. The molecule has 0 saturated carbocycles. The van der Waals surface area contributed by atoms with E-state index in [9.17, 15) is 0 Å².